The van der Waals surface area contributed by atoms with Crippen molar-refractivity contribution in [1.82, 2.24) is 10.2 Å². The molecule has 1 aromatic heterocycles. The first-order valence-corrected chi connectivity index (χ1v) is 6.84. The molecule has 0 aliphatic carbocycles. The molecule has 0 spiro atoms. The third-order valence-corrected chi connectivity index (χ3v) is 3.68. The highest BCUT2D eigenvalue weighted by Gasteiger charge is 2.13. The summed E-state index contributed by atoms with van der Waals surface area (Å²) in [7, 11) is 2.14. The van der Waals surface area contributed by atoms with Gasteiger partial charge in [0.15, 0.2) is 0 Å². The van der Waals surface area contributed by atoms with Gasteiger partial charge in [-0.25, -0.2) is 0 Å². The van der Waals surface area contributed by atoms with Gasteiger partial charge < -0.3 is 9.73 Å². The van der Waals surface area contributed by atoms with Crippen molar-refractivity contribution in [3.8, 4) is 0 Å². The molecular weight excluding hydrogens is 236 g/mol. The van der Waals surface area contributed by atoms with Gasteiger partial charge in [0.05, 0.1) is 12.8 Å². The van der Waals surface area contributed by atoms with Crippen LogP contribution < -0.4 is 5.32 Å². The fourth-order valence-electron chi connectivity index (χ4n) is 2.77. The zero-order valence-corrected chi connectivity index (χ0v) is 11.4. The minimum atomic E-state index is 0.856. The molecule has 1 N–H and O–H groups in total. The summed E-state index contributed by atoms with van der Waals surface area (Å²) < 4.78 is 5.40. The van der Waals surface area contributed by atoms with E-state index in [1.165, 1.54) is 16.7 Å². The van der Waals surface area contributed by atoms with Crippen molar-refractivity contribution in [2.45, 2.75) is 26.1 Å². The monoisotopic (exact) mass is 256 g/mol. The smallest absolute Gasteiger partial charge is 0.117 e. The third kappa shape index (κ3) is 2.88. The van der Waals surface area contributed by atoms with Crippen molar-refractivity contribution in [3.63, 3.8) is 0 Å². The van der Waals surface area contributed by atoms with Gasteiger partial charge in [-0.15, -0.1) is 0 Å². The maximum absolute atomic E-state index is 5.40. The number of furan rings is 1. The molecule has 0 saturated carbocycles. The van der Waals surface area contributed by atoms with Crippen LogP contribution in [0.2, 0.25) is 0 Å². The Kier molecular flexibility index (Phi) is 3.67. The Bertz CT molecular complexity index is 534. The van der Waals surface area contributed by atoms with Crippen molar-refractivity contribution >= 4 is 0 Å². The normalized spacial score (nSPS) is 14.6. The number of hydrogen-bond donors (Lipinski definition) is 1. The lowest BCUT2D eigenvalue weighted by molar-refractivity contribution is 0.286. The van der Waals surface area contributed by atoms with Gasteiger partial charge in [-0.05, 0) is 48.8 Å². The third-order valence-electron chi connectivity index (χ3n) is 3.68. The molecule has 0 saturated heterocycles. The SMILES string of the molecule is CN(Cc1ccco1)Cc1cccc2c1CCNC2. The van der Waals surface area contributed by atoms with E-state index in [1.54, 1.807) is 6.26 Å². The molecule has 100 valence electrons. The summed E-state index contributed by atoms with van der Waals surface area (Å²) in [5.74, 6) is 1.02. The van der Waals surface area contributed by atoms with Crippen molar-refractivity contribution in [2.24, 2.45) is 0 Å². The van der Waals surface area contributed by atoms with Gasteiger partial charge in [0.25, 0.3) is 0 Å². The lowest BCUT2D eigenvalue weighted by Gasteiger charge is -2.23. The number of fused-ring (bicyclic) bond motifs is 1. The molecule has 19 heavy (non-hydrogen) atoms. The van der Waals surface area contributed by atoms with E-state index in [-0.39, 0.29) is 0 Å². The van der Waals surface area contributed by atoms with Crippen molar-refractivity contribution in [3.05, 3.63) is 59.0 Å². The Morgan fingerprint density at radius 2 is 2.16 bits per heavy atom. The molecule has 1 aliphatic heterocycles. The second kappa shape index (κ2) is 5.59. The Morgan fingerprint density at radius 3 is 3.00 bits per heavy atom. The first-order chi connectivity index (χ1) is 9.33. The van der Waals surface area contributed by atoms with Gasteiger partial charge in [0.2, 0.25) is 0 Å². The summed E-state index contributed by atoms with van der Waals surface area (Å²) in [6.07, 6.45) is 2.87. The van der Waals surface area contributed by atoms with E-state index in [0.29, 0.717) is 0 Å². The van der Waals surface area contributed by atoms with Crippen LogP contribution in [0.4, 0.5) is 0 Å². The standard InChI is InChI=1S/C16H20N2O/c1-18(12-15-6-3-9-19-15)11-14-5-2-4-13-10-17-8-7-16(13)14/h2-6,9,17H,7-8,10-12H2,1H3. The molecule has 2 aromatic rings. The fraction of sp³-hybridized carbons (Fsp3) is 0.375. The lowest BCUT2D eigenvalue weighted by atomic mass is 9.95. The second-order valence-electron chi connectivity index (χ2n) is 5.23. The molecule has 3 nitrogen and oxygen atoms in total. The summed E-state index contributed by atoms with van der Waals surface area (Å²) in [6, 6.07) is 10.6. The first kappa shape index (κ1) is 12.5. The van der Waals surface area contributed by atoms with E-state index >= 15 is 0 Å². The van der Waals surface area contributed by atoms with Crippen LogP contribution in [0.25, 0.3) is 0 Å². The lowest BCUT2D eigenvalue weighted by Crippen LogP contribution is -2.26. The summed E-state index contributed by atoms with van der Waals surface area (Å²) in [5.41, 5.74) is 4.44. The summed E-state index contributed by atoms with van der Waals surface area (Å²) in [5, 5.41) is 3.43. The van der Waals surface area contributed by atoms with Crippen LogP contribution >= 0.6 is 0 Å². The molecule has 0 amide bonds. The number of benzene rings is 1. The maximum atomic E-state index is 5.40. The molecule has 0 fully saturated rings. The Balaban J connectivity index is 1.72. The summed E-state index contributed by atoms with van der Waals surface area (Å²) >= 11 is 0. The van der Waals surface area contributed by atoms with Crippen LogP contribution in [0.5, 0.6) is 0 Å². The van der Waals surface area contributed by atoms with Gasteiger partial charge in [0.1, 0.15) is 5.76 Å². The first-order valence-electron chi connectivity index (χ1n) is 6.84. The minimum Gasteiger partial charge on any atom is -0.468 e. The van der Waals surface area contributed by atoms with Crippen LogP contribution in [0.1, 0.15) is 22.5 Å². The van der Waals surface area contributed by atoms with Crippen LogP contribution in [0.15, 0.2) is 41.0 Å². The van der Waals surface area contributed by atoms with Crippen LogP contribution in [0, 0.1) is 0 Å². The van der Waals surface area contributed by atoms with Crippen LogP contribution in [-0.4, -0.2) is 18.5 Å². The van der Waals surface area contributed by atoms with Gasteiger partial charge in [-0.1, -0.05) is 18.2 Å². The second-order valence-corrected chi connectivity index (χ2v) is 5.23. The largest absolute Gasteiger partial charge is 0.468 e. The van der Waals surface area contributed by atoms with Gasteiger partial charge in [-0.2, -0.15) is 0 Å². The molecule has 0 unspecified atom stereocenters. The molecule has 0 bridgehead atoms. The van der Waals surface area contributed by atoms with E-state index in [4.69, 9.17) is 4.42 Å². The van der Waals surface area contributed by atoms with Crippen molar-refractivity contribution in [1.29, 1.82) is 0 Å². The Hall–Kier alpha value is -1.58. The fourth-order valence-corrected chi connectivity index (χ4v) is 2.77. The average molecular weight is 256 g/mol. The average Bonchev–Trinajstić information content (AvgIpc) is 2.92. The van der Waals surface area contributed by atoms with E-state index in [2.05, 4.69) is 35.5 Å². The van der Waals surface area contributed by atoms with E-state index < -0.39 is 0 Å². The van der Waals surface area contributed by atoms with Crippen LogP contribution in [0.3, 0.4) is 0 Å². The summed E-state index contributed by atoms with van der Waals surface area (Å²) in [4.78, 5) is 2.30. The van der Waals surface area contributed by atoms with E-state index in [9.17, 15) is 0 Å². The number of nitrogens with one attached hydrogen (secondary N) is 1. The molecule has 0 radical (unpaired) electrons. The van der Waals surface area contributed by atoms with Gasteiger partial charge >= 0.3 is 0 Å². The molecule has 3 rings (SSSR count). The number of hydrogen-bond acceptors (Lipinski definition) is 3. The van der Waals surface area contributed by atoms with Crippen molar-refractivity contribution in [2.75, 3.05) is 13.6 Å². The number of rotatable bonds is 4. The minimum absolute atomic E-state index is 0.856. The topological polar surface area (TPSA) is 28.4 Å². The van der Waals surface area contributed by atoms with Gasteiger partial charge in [-0.3, -0.25) is 4.90 Å². The predicted octanol–water partition coefficient (Wildman–Crippen LogP) is 2.56. The van der Waals surface area contributed by atoms with Gasteiger partial charge in [0, 0.05) is 13.1 Å². The quantitative estimate of drug-likeness (QED) is 0.911. The molecule has 1 aromatic carbocycles. The highest BCUT2D eigenvalue weighted by molar-refractivity contribution is 5.37. The highest BCUT2D eigenvalue weighted by atomic mass is 16.3. The molecule has 1 aliphatic rings. The van der Waals surface area contributed by atoms with E-state index in [1.807, 2.05) is 12.1 Å². The predicted molar refractivity (Wildman–Crippen MR) is 75.7 cm³/mol. The Morgan fingerprint density at radius 1 is 1.21 bits per heavy atom. The zero-order valence-electron chi connectivity index (χ0n) is 11.4. The molecule has 3 heteroatoms. The highest BCUT2D eigenvalue weighted by Crippen LogP contribution is 2.20. The number of nitrogens with zero attached hydrogens (tertiary/aromatic N) is 1. The van der Waals surface area contributed by atoms with Crippen LogP contribution in [-0.2, 0) is 26.1 Å². The van der Waals surface area contributed by atoms with Crippen molar-refractivity contribution < 1.29 is 4.42 Å². The molecule has 2 heterocycles. The Labute approximate surface area is 114 Å². The van der Waals surface area contributed by atoms with E-state index in [0.717, 1.165) is 38.4 Å². The molecular formula is C16H20N2O. The summed E-state index contributed by atoms with van der Waals surface area (Å²) in [6.45, 7) is 3.93. The zero-order chi connectivity index (χ0) is 13.1. The maximum Gasteiger partial charge on any atom is 0.117 e. The molecule has 0 atom stereocenters.